The molecule has 1 fully saturated rings. The van der Waals surface area contributed by atoms with Gasteiger partial charge in [-0.05, 0) is 38.5 Å². The molecule has 2 rings (SSSR count). The number of carbonyl (C=O) groups is 3. The van der Waals surface area contributed by atoms with Crippen molar-refractivity contribution in [2.45, 2.75) is 38.7 Å². The molecule has 1 aromatic carbocycles. The van der Waals surface area contributed by atoms with E-state index in [0.717, 1.165) is 18.8 Å². The number of benzene rings is 1. The van der Waals surface area contributed by atoms with Crippen LogP contribution in [0.3, 0.4) is 0 Å². The number of hydrogen-bond acceptors (Lipinski definition) is 7. The Morgan fingerprint density at radius 1 is 1.11 bits per heavy atom. The summed E-state index contributed by atoms with van der Waals surface area (Å²) in [5.74, 6) is -4.94. The van der Waals surface area contributed by atoms with Crippen LogP contribution in [0.2, 0.25) is 0 Å². The Kier molecular flexibility index (Phi) is 6.82. The van der Waals surface area contributed by atoms with Gasteiger partial charge in [-0.1, -0.05) is 12.1 Å². The van der Waals surface area contributed by atoms with Crippen molar-refractivity contribution in [1.82, 2.24) is 0 Å². The summed E-state index contributed by atoms with van der Waals surface area (Å²) in [5, 5.41) is 10.8. The minimum atomic E-state index is -1.63. The monoisotopic (exact) mass is 391 g/mol. The lowest BCUT2D eigenvalue weighted by Gasteiger charge is -2.43. The van der Waals surface area contributed by atoms with Crippen LogP contribution in [0.25, 0.3) is 0 Å². The van der Waals surface area contributed by atoms with Crippen LogP contribution in [-0.2, 0) is 23.9 Å². The minimum absolute atomic E-state index is 0.319. The number of nitrogens with zero attached hydrogens (tertiary/aromatic N) is 1. The van der Waals surface area contributed by atoms with E-state index in [2.05, 4.69) is 18.7 Å². The van der Waals surface area contributed by atoms with Gasteiger partial charge in [0.25, 0.3) is 0 Å². The Morgan fingerprint density at radius 2 is 1.64 bits per heavy atom. The Labute approximate surface area is 165 Å². The molecular weight excluding hydrogens is 362 g/mol. The van der Waals surface area contributed by atoms with Crippen molar-refractivity contribution >= 4 is 23.4 Å². The molecule has 7 heteroatoms. The molecule has 0 aliphatic heterocycles. The van der Waals surface area contributed by atoms with E-state index in [1.807, 2.05) is 12.1 Å². The van der Waals surface area contributed by atoms with Crippen LogP contribution in [0.5, 0.6) is 0 Å². The first-order valence-corrected chi connectivity index (χ1v) is 9.47. The number of ketones is 1. The fourth-order valence-electron chi connectivity index (χ4n) is 4.17. The molecule has 154 valence electrons. The number of methoxy groups -OCH3 is 2. The van der Waals surface area contributed by atoms with Gasteiger partial charge in [-0.2, -0.15) is 0 Å². The van der Waals surface area contributed by atoms with Gasteiger partial charge in [-0.15, -0.1) is 0 Å². The van der Waals surface area contributed by atoms with Crippen LogP contribution in [-0.4, -0.2) is 55.7 Å². The van der Waals surface area contributed by atoms with E-state index in [0.29, 0.717) is 5.56 Å². The average molecular weight is 391 g/mol. The number of Topliss-reactive ketones (excluding diaryl/α,β-unsaturated/α-hetero) is 1. The Balaban J connectivity index is 2.57. The molecular formula is C21H29NO6. The summed E-state index contributed by atoms with van der Waals surface area (Å²) >= 11 is 0. The third kappa shape index (κ3) is 4.04. The van der Waals surface area contributed by atoms with Crippen molar-refractivity contribution in [2.24, 2.45) is 11.8 Å². The van der Waals surface area contributed by atoms with E-state index in [-0.39, 0.29) is 6.42 Å². The van der Waals surface area contributed by atoms with Gasteiger partial charge in [0, 0.05) is 31.1 Å². The van der Waals surface area contributed by atoms with Crippen LogP contribution >= 0.6 is 0 Å². The van der Waals surface area contributed by atoms with Gasteiger partial charge in [0.05, 0.1) is 25.7 Å². The molecule has 7 nitrogen and oxygen atoms in total. The highest BCUT2D eigenvalue weighted by atomic mass is 16.5. The predicted molar refractivity (Wildman–Crippen MR) is 104 cm³/mol. The molecule has 0 bridgehead atoms. The zero-order valence-electron chi connectivity index (χ0n) is 17.1. The summed E-state index contributed by atoms with van der Waals surface area (Å²) in [7, 11) is 2.43. The van der Waals surface area contributed by atoms with Crippen molar-refractivity contribution in [3.63, 3.8) is 0 Å². The van der Waals surface area contributed by atoms with Crippen molar-refractivity contribution in [2.75, 3.05) is 32.2 Å². The molecule has 0 spiro atoms. The van der Waals surface area contributed by atoms with E-state index in [4.69, 9.17) is 9.47 Å². The summed E-state index contributed by atoms with van der Waals surface area (Å²) in [6.45, 7) is 7.20. The van der Waals surface area contributed by atoms with E-state index in [1.165, 1.54) is 21.1 Å². The van der Waals surface area contributed by atoms with E-state index >= 15 is 0 Å². The van der Waals surface area contributed by atoms with Crippen molar-refractivity contribution in [3.8, 4) is 0 Å². The Morgan fingerprint density at radius 3 is 2.11 bits per heavy atom. The molecule has 1 saturated carbocycles. The molecule has 4 atom stereocenters. The van der Waals surface area contributed by atoms with E-state index < -0.39 is 41.1 Å². The van der Waals surface area contributed by atoms with E-state index in [1.54, 1.807) is 12.1 Å². The zero-order chi connectivity index (χ0) is 21.1. The first-order chi connectivity index (χ1) is 13.2. The van der Waals surface area contributed by atoms with Crippen LogP contribution in [0.4, 0.5) is 5.69 Å². The van der Waals surface area contributed by atoms with Crippen LogP contribution < -0.4 is 4.90 Å². The molecule has 1 N–H and O–H groups in total. The van der Waals surface area contributed by atoms with Crippen LogP contribution in [0.15, 0.2) is 24.3 Å². The third-order valence-corrected chi connectivity index (χ3v) is 5.58. The molecule has 1 aliphatic rings. The lowest BCUT2D eigenvalue weighted by molar-refractivity contribution is -0.170. The SMILES string of the molecule is CCN(CC)c1ccc([C@@H]2[C@H](C(=O)OC)C(=O)C[C@](C)(O)[C@H]2C(=O)OC)cc1. The normalized spacial score (nSPS) is 27.2. The summed E-state index contributed by atoms with van der Waals surface area (Å²) in [6, 6.07) is 7.36. The summed E-state index contributed by atoms with van der Waals surface area (Å²) < 4.78 is 9.74. The number of anilines is 1. The minimum Gasteiger partial charge on any atom is -0.469 e. The number of aliphatic hydroxyl groups is 1. The topological polar surface area (TPSA) is 93.1 Å². The molecule has 0 unspecified atom stereocenters. The molecule has 0 heterocycles. The molecule has 28 heavy (non-hydrogen) atoms. The maximum atomic E-state index is 12.7. The van der Waals surface area contributed by atoms with Crippen LogP contribution in [0, 0.1) is 11.8 Å². The number of esters is 2. The number of ether oxygens (including phenoxy) is 2. The van der Waals surface area contributed by atoms with Gasteiger partial charge < -0.3 is 19.5 Å². The fraction of sp³-hybridized carbons (Fsp3) is 0.571. The maximum absolute atomic E-state index is 12.7. The standard InChI is InChI=1S/C21H29NO6/c1-6-22(7-2)14-10-8-13(9-11-14)16-17(19(24)27-4)15(23)12-21(3,26)18(16)20(25)28-5/h8-11,16-18,26H,6-7,12H2,1-5H3/t16-,17-,18-,21+/m1/s1. The van der Waals surface area contributed by atoms with Crippen LogP contribution in [0.1, 0.15) is 38.7 Å². The molecule has 0 saturated heterocycles. The molecule has 0 radical (unpaired) electrons. The molecule has 0 aromatic heterocycles. The summed E-state index contributed by atoms with van der Waals surface area (Å²) in [6.07, 6.45) is -0.319. The van der Waals surface area contributed by atoms with Gasteiger partial charge in [-0.25, -0.2) is 0 Å². The van der Waals surface area contributed by atoms with Gasteiger partial charge in [0.2, 0.25) is 0 Å². The quantitative estimate of drug-likeness (QED) is 0.585. The second-order valence-corrected chi connectivity index (χ2v) is 7.29. The van der Waals surface area contributed by atoms with E-state index in [9.17, 15) is 19.5 Å². The number of carbonyl (C=O) groups excluding carboxylic acids is 3. The highest BCUT2D eigenvalue weighted by Gasteiger charge is 2.56. The first-order valence-electron chi connectivity index (χ1n) is 9.47. The van der Waals surface area contributed by atoms with Gasteiger partial charge in [0.15, 0.2) is 5.78 Å². The largest absolute Gasteiger partial charge is 0.469 e. The average Bonchev–Trinajstić information content (AvgIpc) is 2.67. The highest BCUT2D eigenvalue weighted by Crippen LogP contribution is 2.46. The zero-order valence-corrected chi connectivity index (χ0v) is 17.1. The second kappa shape index (κ2) is 8.73. The highest BCUT2D eigenvalue weighted by molar-refractivity contribution is 6.02. The van der Waals surface area contributed by atoms with Crippen molar-refractivity contribution < 1.29 is 29.0 Å². The smallest absolute Gasteiger partial charge is 0.316 e. The Hall–Kier alpha value is -2.41. The molecule has 1 aromatic rings. The summed E-state index contributed by atoms with van der Waals surface area (Å²) in [5.41, 5.74) is -0.0291. The van der Waals surface area contributed by atoms with Crippen molar-refractivity contribution in [1.29, 1.82) is 0 Å². The molecule has 1 aliphatic carbocycles. The molecule has 0 amide bonds. The second-order valence-electron chi connectivity index (χ2n) is 7.29. The Bertz CT molecular complexity index is 723. The number of hydrogen-bond donors (Lipinski definition) is 1. The predicted octanol–water partition coefficient (Wildman–Crippen LogP) is 1.92. The lowest BCUT2D eigenvalue weighted by atomic mass is 9.61. The summed E-state index contributed by atoms with van der Waals surface area (Å²) in [4.78, 5) is 39.8. The van der Waals surface area contributed by atoms with Gasteiger partial charge >= 0.3 is 11.9 Å². The van der Waals surface area contributed by atoms with Gasteiger partial charge in [0.1, 0.15) is 5.92 Å². The van der Waals surface area contributed by atoms with Crippen molar-refractivity contribution in [3.05, 3.63) is 29.8 Å². The van der Waals surface area contributed by atoms with Gasteiger partial charge in [-0.3, -0.25) is 14.4 Å². The lowest BCUT2D eigenvalue weighted by Crippen LogP contribution is -2.55. The first kappa shape index (κ1) is 21.9. The fourth-order valence-corrected chi connectivity index (χ4v) is 4.17. The maximum Gasteiger partial charge on any atom is 0.316 e. The number of rotatable bonds is 6. The third-order valence-electron chi connectivity index (χ3n) is 5.58.